The lowest BCUT2D eigenvalue weighted by Gasteiger charge is -2.32. The molecule has 0 amide bonds. The zero-order valence-corrected chi connectivity index (χ0v) is 12.6. The van der Waals surface area contributed by atoms with Gasteiger partial charge in [0.15, 0.2) is 0 Å². The highest BCUT2D eigenvalue weighted by Gasteiger charge is 2.34. The van der Waals surface area contributed by atoms with Crippen LogP contribution < -0.4 is 0 Å². The van der Waals surface area contributed by atoms with Gasteiger partial charge in [-0.05, 0) is 43.7 Å². The molecule has 0 radical (unpaired) electrons. The Morgan fingerprint density at radius 1 is 1.24 bits per heavy atom. The molecule has 3 rings (SSSR count). The van der Waals surface area contributed by atoms with Gasteiger partial charge in [-0.1, -0.05) is 0 Å². The van der Waals surface area contributed by atoms with E-state index < -0.39 is 16.0 Å². The number of sulfonamides is 1. The molecule has 1 aromatic rings. The van der Waals surface area contributed by atoms with Crippen LogP contribution >= 0.6 is 0 Å². The van der Waals surface area contributed by atoms with Crippen molar-refractivity contribution in [3.63, 3.8) is 0 Å². The van der Waals surface area contributed by atoms with Crippen LogP contribution in [0.2, 0.25) is 0 Å². The number of carboxylic acids is 1. The Morgan fingerprint density at radius 3 is 2.48 bits per heavy atom. The van der Waals surface area contributed by atoms with Crippen LogP contribution in [-0.2, 0) is 10.0 Å². The minimum atomic E-state index is -3.13. The first-order valence-corrected chi connectivity index (χ1v) is 8.96. The van der Waals surface area contributed by atoms with Crippen molar-refractivity contribution in [3.05, 3.63) is 24.0 Å². The van der Waals surface area contributed by atoms with Crippen LogP contribution in [-0.4, -0.2) is 47.2 Å². The molecule has 116 valence electrons. The summed E-state index contributed by atoms with van der Waals surface area (Å²) in [6, 6.07) is 3.37. The normalized spacial score (nSPS) is 21.5. The summed E-state index contributed by atoms with van der Waals surface area (Å²) in [5.74, 6) is -0.304. The maximum atomic E-state index is 12.2. The first kappa shape index (κ1) is 14.6. The molecule has 0 atom stereocenters. The lowest BCUT2D eigenvalue weighted by Crippen LogP contribution is -2.40. The fourth-order valence-electron chi connectivity index (χ4n) is 2.98. The van der Waals surface area contributed by atoms with E-state index in [1.165, 1.54) is 0 Å². The highest BCUT2D eigenvalue weighted by atomic mass is 32.2. The van der Waals surface area contributed by atoms with Crippen molar-refractivity contribution in [3.8, 4) is 0 Å². The zero-order valence-electron chi connectivity index (χ0n) is 11.8. The molecule has 2 fully saturated rings. The summed E-state index contributed by atoms with van der Waals surface area (Å²) in [6.07, 6.45) is 5.16. The minimum absolute atomic E-state index is 0.0680. The average Bonchev–Trinajstić information content (AvgIpc) is 3.09. The van der Waals surface area contributed by atoms with Gasteiger partial charge in [-0.3, -0.25) is 0 Å². The lowest BCUT2D eigenvalue weighted by molar-refractivity contribution is 0.0680. The van der Waals surface area contributed by atoms with Gasteiger partial charge in [-0.2, -0.15) is 0 Å². The molecule has 0 bridgehead atoms. The molecule has 0 spiro atoms. The monoisotopic (exact) mass is 312 g/mol. The molecule has 21 heavy (non-hydrogen) atoms. The van der Waals surface area contributed by atoms with Crippen molar-refractivity contribution >= 4 is 16.0 Å². The van der Waals surface area contributed by atoms with E-state index in [9.17, 15) is 13.2 Å². The van der Waals surface area contributed by atoms with E-state index in [0.29, 0.717) is 31.8 Å². The highest BCUT2D eigenvalue weighted by Crippen LogP contribution is 2.33. The summed E-state index contributed by atoms with van der Waals surface area (Å²) >= 11 is 0. The summed E-state index contributed by atoms with van der Waals surface area (Å²) in [5.41, 5.74) is 0.272. The number of piperidine rings is 1. The Balaban J connectivity index is 1.64. The van der Waals surface area contributed by atoms with E-state index in [4.69, 9.17) is 5.11 Å². The number of nitrogens with zero attached hydrogens (tertiary/aromatic N) is 2. The predicted molar refractivity (Wildman–Crippen MR) is 77.7 cm³/mol. The third-order valence-corrected chi connectivity index (χ3v) is 6.40. The molecule has 1 aliphatic heterocycles. The molecular formula is C14H20N2O4S. The van der Waals surface area contributed by atoms with E-state index in [-0.39, 0.29) is 17.5 Å². The van der Waals surface area contributed by atoms with Crippen molar-refractivity contribution in [1.29, 1.82) is 0 Å². The largest absolute Gasteiger partial charge is 0.477 e. The predicted octanol–water partition coefficient (Wildman–Crippen LogP) is 1.56. The van der Waals surface area contributed by atoms with E-state index in [1.807, 2.05) is 0 Å². The standard InChI is InChI=1S/C14H20N2O4S/c17-14(18)13-2-1-7-16(13)12-5-8-15(9-6-12)21(19,20)10-11-3-4-11/h1-2,7,11-12H,3-6,8-10H2,(H,17,18). The number of rotatable bonds is 5. The molecule has 6 nitrogen and oxygen atoms in total. The van der Waals surface area contributed by atoms with Gasteiger partial charge in [0.2, 0.25) is 10.0 Å². The van der Waals surface area contributed by atoms with Crippen LogP contribution in [0.5, 0.6) is 0 Å². The number of carbonyl (C=O) groups is 1. The maximum Gasteiger partial charge on any atom is 0.352 e. The van der Waals surface area contributed by atoms with Gasteiger partial charge in [-0.15, -0.1) is 0 Å². The van der Waals surface area contributed by atoms with Crippen molar-refractivity contribution in [2.45, 2.75) is 31.7 Å². The smallest absolute Gasteiger partial charge is 0.352 e. The quantitative estimate of drug-likeness (QED) is 0.895. The molecule has 1 aromatic heterocycles. The molecular weight excluding hydrogens is 292 g/mol. The third-order valence-electron chi connectivity index (χ3n) is 4.35. The first-order valence-electron chi connectivity index (χ1n) is 7.35. The number of hydrogen-bond acceptors (Lipinski definition) is 3. The van der Waals surface area contributed by atoms with E-state index >= 15 is 0 Å². The molecule has 1 saturated carbocycles. The van der Waals surface area contributed by atoms with Crippen molar-refractivity contribution in [2.75, 3.05) is 18.8 Å². The second kappa shape index (κ2) is 5.46. The van der Waals surface area contributed by atoms with E-state index in [1.54, 1.807) is 27.2 Å². The van der Waals surface area contributed by atoms with Crippen molar-refractivity contribution in [1.82, 2.24) is 8.87 Å². The van der Waals surface area contributed by atoms with Gasteiger partial charge in [0.25, 0.3) is 0 Å². The van der Waals surface area contributed by atoms with Gasteiger partial charge >= 0.3 is 5.97 Å². The van der Waals surface area contributed by atoms with Crippen molar-refractivity contribution < 1.29 is 18.3 Å². The molecule has 0 aromatic carbocycles. The Kier molecular flexibility index (Phi) is 3.79. The van der Waals surface area contributed by atoms with E-state index in [0.717, 1.165) is 12.8 Å². The highest BCUT2D eigenvalue weighted by molar-refractivity contribution is 7.89. The van der Waals surface area contributed by atoms with Crippen LogP contribution in [0.25, 0.3) is 0 Å². The second-order valence-electron chi connectivity index (χ2n) is 5.96. The minimum Gasteiger partial charge on any atom is -0.477 e. The average molecular weight is 312 g/mol. The fourth-order valence-corrected chi connectivity index (χ4v) is 4.89. The number of aromatic nitrogens is 1. The third kappa shape index (κ3) is 3.13. The topological polar surface area (TPSA) is 79.6 Å². The van der Waals surface area contributed by atoms with Crippen LogP contribution in [0.3, 0.4) is 0 Å². The molecule has 0 unspecified atom stereocenters. The molecule has 1 saturated heterocycles. The Labute approximate surface area is 124 Å². The number of hydrogen-bond donors (Lipinski definition) is 1. The summed E-state index contributed by atoms with van der Waals surface area (Å²) < 4.78 is 27.8. The molecule has 2 aliphatic rings. The number of carboxylic acid groups (broad SMARTS) is 1. The van der Waals surface area contributed by atoms with Gasteiger partial charge in [-0.25, -0.2) is 17.5 Å². The summed E-state index contributed by atoms with van der Waals surface area (Å²) in [7, 11) is -3.13. The zero-order chi connectivity index (χ0) is 15.0. The number of aromatic carboxylic acids is 1. The van der Waals surface area contributed by atoms with Crippen molar-refractivity contribution in [2.24, 2.45) is 5.92 Å². The Morgan fingerprint density at radius 2 is 1.90 bits per heavy atom. The van der Waals surface area contributed by atoms with Crippen LogP contribution in [0, 0.1) is 5.92 Å². The summed E-state index contributed by atoms with van der Waals surface area (Å²) in [4.78, 5) is 11.2. The molecule has 2 heterocycles. The van der Waals surface area contributed by atoms with Gasteiger partial charge in [0, 0.05) is 25.3 Å². The molecule has 1 aliphatic carbocycles. The molecule has 1 N–H and O–H groups in total. The van der Waals surface area contributed by atoms with Gasteiger partial charge in [0.05, 0.1) is 5.75 Å². The van der Waals surface area contributed by atoms with Gasteiger partial charge < -0.3 is 9.67 Å². The van der Waals surface area contributed by atoms with E-state index in [2.05, 4.69) is 0 Å². The summed E-state index contributed by atoms with van der Waals surface area (Å²) in [6.45, 7) is 0.966. The second-order valence-corrected chi connectivity index (χ2v) is 7.97. The van der Waals surface area contributed by atoms with Gasteiger partial charge in [0.1, 0.15) is 5.69 Å². The van der Waals surface area contributed by atoms with Crippen LogP contribution in [0.15, 0.2) is 18.3 Å². The summed E-state index contributed by atoms with van der Waals surface area (Å²) in [5, 5.41) is 9.15. The van der Waals surface area contributed by atoms with Crippen LogP contribution in [0.1, 0.15) is 42.2 Å². The molecule has 7 heteroatoms. The first-order chi connectivity index (χ1) is 9.97. The SMILES string of the molecule is O=C(O)c1cccn1C1CCN(S(=O)(=O)CC2CC2)CC1. The Bertz CT molecular complexity index is 625. The lowest BCUT2D eigenvalue weighted by atomic mass is 10.1. The van der Waals surface area contributed by atoms with Crippen LogP contribution in [0.4, 0.5) is 0 Å². The maximum absolute atomic E-state index is 12.2. The Hall–Kier alpha value is -1.34. The fraction of sp³-hybridized carbons (Fsp3) is 0.643.